The first-order valence-corrected chi connectivity index (χ1v) is 6.90. The number of hydrogen-bond donors (Lipinski definition) is 0. The zero-order valence-corrected chi connectivity index (χ0v) is 12.3. The summed E-state index contributed by atoms with van der Waals surface area (Å²) >= 11 is 0. The Morgan fingerprint density at radius 3 is 2.83 bits per heavy atom. The number of nitro groups is 1. The smallest absolute Gasteiger partial charge is 0.310 e. The normalized spacial score (nSPS) is 10.7. The molecule has 0 saturated carbocycles. The SMILES string of the molecule is Cc1cccn2c(=O)cc(COc3ccccc3[N+](=O)[O-])nc12. The fourth-order valence-electron chi connectivity index (χ4n) is 2.26. The van der Waals surface area contributed by atoms with Gasteiger partial charge in [-0.15, -0.1) is 0 Å². The molecule has 3 rings (SSSR count). The van der Waals surface area contributed by atoms with Crippen LogP contribution in [-0.2, 0) is 6.61 Å². The molecular formula is C16H13N3O4. The highest BCUT2D eigenvalue weighted by Crippen LogP contribution is 2.26. The number of rotatable bonds is 4. The Kier molecular flexibility index (Phi) is 3.76. The van der Waals surface area contributed by atoms with Crippen LogP contribution < -0.4 is 10.3 Å². The second kappa shape index (κ2) is 5.88. The first-order chi connectivity index (χ1) is 11.1. The predicted molar refractivity (Wildman–Crippen MR) is 83.6 cm³/mol. The fraction of sp³-hybridized carbons (Fsp3) is 0.125. The molecule has 0 spiro atoms. The van der Waals surface area contributed by atoms with E-state index in [1.54, 1.807) is 24.4 Å². The molecule has 7 heteroatoms. The number of pyridine rings is 1. The molecular weight excluding hydrogens is 298 g/mol. The summed E-state index contributed by atoms with van der Waals surface area (Å²) in [7, 11) is 0. The summed E-state index contributed by atoms with van der Waals surface area (Å²) < 4.78 is 6.92. The number of aromatic nitrogens is 2. The number of fused-ring (bicyclic) bond motifs is 1. The van der Waals surface area contributed by atoms with Crippen LogP contribution in [0.25, 0.3) is 5.65 Å². The third-order valence-corrected chi connectivity index (χ3v) is 3.38. The van der Waals surface area contributed by atoms with Crippen LogP contribution in [-0.4, -0.2) is 14.3 Å². The lowest BCUT2D eigenvalue weighted by Crippen LogP contribution is -2.17. The van der Waals surface area contributed by atoms with Crippen LogP contribution in [0.4, 0.5) is 5.69 Å². The molecule has 0 radical (unpaired) electrons. The fourth-order valence-corrected chi connectivity index (χ4v) is 2.26. The quantitative estimate of drug-likeness (QED) is 0.545. The summed E-state index contributed by atoms with van der Waals surface area (Å²) in [6.07, 6.45) is 1.64. The van der Waals surface area contributed by atoms with Gasteiger partial charge in [0.05, 0.1) is 10.6 Å². The van der Waals surface area contributed by atoms with Crippen LogP contribution in [0.5, 0.6) is 5.75 Å². The minimum Gasteiger partial charge on any atom is -0.480 e. The van der Waals surface area contributed by atoms with Crippen molar-refractivity contribution in [2.75, 3.05) is 0 Å². The van der Waals surface area contributed by atoms with Crippen LogP contribution in [0.2, 0.25) is 0 Å². The minimum atomic E-state index is -0.512. The van der Waals surface area contributed by atoms with E-state index < -0.39 is 4.92 Å². The van der Waals surface area contributed by atoms with Crippen molar-refractivity contribution < 1.29 is 9.66 Å². The van der Waals surface area contributed by atoms with Gasteiger partial charge in [-0.2, -0.15) is 0 Å². The van der Waals surface area contributed by atoms with Crippen molar-refractivity contribution in [3.05, 3.63) is 80.4 Å². The van der Waals surface area contributed by atoms with E-state index in [1.165, 1.54) is 22.6 Å². The van der Waals surface area contributed by atoms with Gasteiger partial charge in [0.25, 0.3) is 5.56 Å². The van der Waals surface area contributed by atoms with E-state index >= 15 is 0 Å². The number of nitrogens with zero attached hydrogens (tertiary/aromatic N) is 3. The van der Waals surface area contributed by atoms with E-state index in [0.29, 0.717) is 11.3 Å². The van der Waals surface area contributed by atoms with E-state index in [4.69, 9.17) is 4.74 Å². The third-order valence-electron chi connectivity index (χ3n) is 3.38. The summed E-state index contributed by atoms with van der Waals surface area (Å²) in [5, 5.41) is 11.0. The molecule has 0 aliphatic carbocycles. The highest BCUT2D eigenvalue weighted by molar-refractivity contribution is 5.47. The molecule has 3 aromatic rings. The van der Waals surface area contributed by atoms with Crippen molar-refractivity contribution in [3.63, 3.8) is 0 Å². The molecule has 0 amide bonds. The average molecular weight is 311 g/mol. The predicted octanol–water partition coefficient (Wildman–Crippen LogP) is 2.49. The van der Waals surface area contributed by atoms with Gasteiger partial charge in [0.2, 0.25) is 0 Å². The van der Waals surface area contributed by atoms with Gasteiger partial charge in [-0.05, 0) is 24.6 Å². The maximum Gasteiger partial charge on any atom is 0.310 e. The second-order valence-corrected chi connectivity index (χ2v) is 4.98. The number of nitro benzene ring substituents is 1. The summed E-state index contributed by atoms with van der Waals surface area (Å²) in [6.45, 7) is 1.83. The zero-order valence-electron chi connectivity index (χ0n) is 12.3. The first kappa shape index (κ1) is 14.7. The third kappa shape index (κ3) is 2.89. The molecule has 0 aliphatic heterocycles. The van der Waals surface area contributed by atoms with E-state index in [1.807, 2.05) is 13.0 Å². The van der Waals surface area contributed by atoms with Crippen molar-refractivity contribution >= 4 is 11.3 Å². The average Bonchev–Trinajstić information content (AvgIpc) is 2.54. The zero-order chi connectivity index (χ0) is 16.4. The minimum absolute atomic E-state index is 0.0229. The molecule has 2 aromatic heterocycles. The Hall–Kier alpha value is -3.22. The van der Waals surface area contributed by atoms with Gasteiger partial charge in [-0.3, -0.25) is 19.3 Å². The summed E-state index contributed by atoms with van der Waals surface area (Å²) in [5.74, 6) is 0.143. The van der Waals surface area contributed by atoms with Crippen molar-refractivity contribution in [3.8, 4) is 5.75 Å². The van der Waals surface area contributed by atoms with Crippen LogP contribution in [0.15, 0.2) is 53.5 Å². The van der Waals surface area contributed by atoms with Gasteiger partial charge in [0.15, 0.2) is 5.75 Å². The van der Waals surface area contributed by atoms with Gasteiger partial charge in [-0.1, -0.05) is 18.2 Å². The van der Waals surface area contributed by atoms with E-state index in [0.717, 1.165) is 5.56 Å². The van der Waals surface area contributed by atoms with Crippen LogP contribution in [0.3, 0.4) is 0 Å². The Morgan fingerprint density at radius 2 is 2.04 bits per heavy atom. The van der Waals surface area contributed by atoms with E-state index in [-0.39, 0.29) is 23.6 Å². The molecule has 0 atom stereocenters. The number of hydrogen-bond acceptors (Lipinski definition) is 5. The Balaban J connectivity index is 1.93. The van der Waals surface area contributed by atoms with Crippen LogP contribution in [0, 0.1) is 17.0 Å². The maximum absolute atomic E-state index is 12.1. The molecule has 0 fully saturated rings. The lowest BCUT2D eigenvalue weighted by molar-refractivity contribution is -0.385. The van der Waals surface area contributed by atoms with Crippen LogP contribution >= 0.6 is 0 Å². The number of ether oxygens (including phenoxy) is 1. The molecule has 0 unspecified atom stereocenters. The molecule has 0 N–H and O–H groups in total. The van der Waals surface area contributed by atoms with Gasteiger partial charge in [0.1, 0.15) is 12.3 Å². The van der Waals surface area contributed by atoms with Crippen molar-refractivity contribution in [1.29, 1.82) is 0 Å². The number of aryl methyl sites for hydroxylation is 1. The summed E-state index contributed by atoms with van der Waals surface area (Å²) in [4.78, 5) is 26.9. The summed E-state index contributed by atoms with van der Waals surface area (Å²) in [6, 6.07) is 11.1. The van der Waals surface area contributed by atoms with E-state index in [9.17, 15) is 14.9 Å². The highest BCUT2D eigenvalue weighted by Gasteiger charge is 2.14. The topological polar surface area (TPSA) is 86.7 Å². The first-order valence-electron chi connectivity index (χ1n) is 6.90. The van der Waals surface area contributed by atoms with Crippen molar-refractivity contribution in [1.82, 2.24) is 9.38 Å². The number of benzene rings is 1. The molecule has 1 aromatic carbocycles. The highest BCUT2D eigenvalue weighted by atomic mass is 16.6. The maximum atomic E-state index is 12.1. The molecule has 2 heterocycles. The molecule has 116 valence electrons. The van der Waals surface area contributed by atoms with Gasteiger partial charge >= 0.3 is 5.69 Å². The van der Waals surface area contributed by atoms with Gasteiger partial charge in [0, 0.05) is 18.3 Å². The molecule has 0 bridgehead atoms. The Labute approximate surface area is 130 Å². The van der Waals surface area contributed by atoms with Crippen molar-refractivity contribution in [2.24, 2.45) is 0 Å². The monoisotopic (exact) mass is 311 g/mol. The standard InChI is InChI=1S/C16H13N3O4/c1-11-5-4-8-18-15(20)9-12(17-16(11)18)10-23-14-7-3-2-6-13(14)19(21)22/h2-9H,10H2,1H3. The lowest BCUT2D eigenvalue weighted by Gasteiger charge is -2.08. The molecule has 0 aliphatic rings. The Bertz CT molecular complexity index is 949. The molecule has 7 nitrogen and oxygen atoms in total. The second-order valence-electron chi connectivity index (χ2n) is 4.98. The van der Waals surface area contributed by atoms with Gasteiger partial charge in [-0.25, -0.2) is 4.98 Å². The van der Waals surface area contributed by atoms with E-state index in [2.05, 4.69) is 4.98 Å². The lowest BCUT2D eigenvalue weighted by atomic mass is 10.3. The van der Waals surface area contributed by atoms with Gasteiger partial charge < -0.3 is 4.74 Å². The van der Waals surface area contributed by atoms with Crippen molar-refractivity contribution in [2.45, 2.75) is 13.5 Å². The molecule has 0 saturated heterocycles. The largest absolute Gasteiger partial charge is 0.480 e. The Morgan fingerprint density at radius 1 is 1.26 bits per heavy atom. The number of para-hydroxylation sites is 2. The molecule has 23 heavy (non-hydrogen) atoms. The summed E-state index contributed by atoms with van der Waals surface area (Å²) in [5.41, 5.74) is 1.47. The van der Waals surface area contributed by atoms with Crippen LogP contribution in [0.1, 0.15) is 11.3 Å².